The van der Waals surface area contributed by atoms with E-state index in [1.54, 1.807) is 18.4 Å². The summed E-state index contributed by atoms with van der Waals surface area (Å²) in [6.07, 6.45) is 0. The Balaban J connectivity index is 2.51. The third kappa shape index (κ3) is 3.45. The molecular weight excluding hydrogens is 402 g/mol. The van der Waals surface area contributed by atoms with Crippen LogP contribution in [-0.2, 0) is 0 Å². The zero-order valence-electron chi connectivity index (χ0n) is 11.7. The summed E-state index contributed by atoms with van der Waals surface area (Å²) in [6.45, 7) is 5.08. The molecule has 0 bridgehead atoms. The largest absolute Gasteiger partial charge is 0.496 e. The molecule has 108 valence electrons. The third-order valence-corrected chi connectivity index (χ3v) is 5.53. The Kier molecular flexibility index (Phi) is 5.66. The summed E-state index contributed by atoms with van der Waals surface area (Å²) in [5, 5.41) is 5.71. The number of aryl methyl sites for hydroxylation is 1. The van der Waals surface area contributed by atoms with Crippen LogP contribution >= 0.6 is 43.2 Å². The van der Waals surface area contributed by atoms with E-state index in [0.29, 0.717) is 0 Å². The van der Waals surface area contributed by atoms with Crippen LogP contribution < -0.4 is 10.1 Å². The van der Waals surface area contributed by atoms with Crippen molar-refractivity contribution in [3.8, 4) is 5.75 Å². The van der Waals surface area contributed by atoms with Gasteiger partial charge in [0, 0.05) is 10.0 Å². The van der Waals surface area contributed by atoms with Gasteiger partial charge in [0.2, 0.25) is 0 Å². The zero-order chi connectivity index (χ0) is 14.7. The second kappa shape index (κ2) is 7.07. The number of hydrogen-bond acceptors (Lipinski definition) is 3. The lowest BCUT2D eigenvalue weighted by atomic mass is 9.99. The Morgan fingerprint density at radius 1 is 1.30 bits per heavy atom. The summed E-state index contributed by atoms with van der Waals surface area (Å²) < 4.78 is 7.81. The molecule has 0 aliphatic heterocycles. The van der Waals surface area contributed by atoms with Crippen LogP contribution in [-0.4, -0.2) is 13.7 Å². The highest BCUT2D eigenvalue weighted by atomic mass is 79.9. The number of ether oxygens (including phenoxy) is 1. The minimum Gasteiger partial charge on any atom is -0.496 e. The highest BCUT2D eigenvalue weighted by Gasteiger charge is 2.19. The maximum Gasteiger partial charge on any atom is 0.124 e. The van der Waals surface area contributed by atoms with Crippen molar-refractivity contribution in [2.75, 3.05) is 13.7 Å². The van der Waals surface area contributed by atoms with Gasteiger partial charge < -0.3 is 10.1 Å². The predicted octanol–water partition coefficient (Wildman–Crippen LogP) is 5.29. The molecule has 20 heavy (non-hydrogen) atoms. The highest BCUT2D eigenvalue weighted by molar-refractivity contribution is 9.11. The lowest BCUT2D eigenvalue weighted by Crippen LogP contribution is -2.22. The number of thiophene rings is 1. The summed E-state index contributed by atoms with van der Waals surface area (Å²) in [7, 11) is 1.72. The molecule has 2 aromatic rings. The molecule has 1 aromatic carbocycles. The molecule has 0 amide bonds. The molecule has 0 spiro atoms. The van der Waals surface area contributed by atoms with Crippen LogP contribution in [0.3, 0.4) is 0 Å². The van der Waals surface area contributed by atoms with Gasteiger partial charge in [-0.1, -0.05) is 22.9 Å². The zero-order valence-corrected chi connectivity index (χ0v) is 15.7. The fourth-order valence-corrected chi connectivity index (χ4v) is 3.72. The number of benzene rings is 1. The summed E-state index contributed by atoms with van der Waals surface area (Å²) in [6, 6.07) is 6.51. The molecule has 1 heterocycles. The highest BCUT2D eigenvalue weighted by Crippen LogP contribution is 2.36. The van der Waals surface area contributed by atoms with Gasteiger partial charge in [-0.15, -0.1) is 11.3 Å². The quantitative estimate of drug-likeness (QED) is 0.712. The van der Waals surface area contributed by atoms with Gasteiger partial charge >= 0.3 is 0 Å². The summed E-state index contributed by atoms with van der Waals surface area (Å²) >= 11 is 8.85. The van der Waals surface area contributed by atoms with Crippen molar-refractivity contribution in [3.05, 3.63) is 48.5 Å². The molecule has 1 atom stereocenters. The van der Waals surface area contributed by atoms with Gasteiger partial charge in [-0.2, -0.15) is 0 Å². The van der Waals surface area contributed by atoms with Gasteiger partial charge in [-0.05, 0) is 64.1 Å². The molecule has 2 nitrogen and oxygen atoms in total. The van der Waals surface area contributed by atoms with Crippen molar-refractivity contribution in [1.82, 2.24) is 5.32 Å². The number of methoxy groups -OCH3 is 1. The summed E-state index contributed by atoms with van der Waals surface area (Å²) in [4.78, 5) is 0. The van der Waals surface area contributed by atoms with Crippen LogP contribution in [0, 0.1) is 6.92 Å². The minimum atomic E-state index is 0.134. The molecule has 2 rings (SSSR count). The van der Waals surface area contributed by atoms with Crippen molar-refractivity contribution < 1.29 is 4.74 Å². The summed E-state index contributed by atoms with van der Waals surface area (Å²) in [5.74, 6) is 0.916. The number of hydrogen-bond donors (Lipinski definition) is 1. The van der Waals surface area contributed by atoms with E-state index < -0.39 is 0 Å². The molecule has 5 heteroatoms. The number of nitrogens with one attached hydrogen (secondary N) is 1. The maximum absolute atomic E-state index is 5.57. The molecule has 0 fully saturated rings. The Hall–Kier alpha value is -0.360. The lowest BCUT2D eigenvalue weighted by molar-refractivity contribution is 0.404. The summed E-state index contributed by atoms with van der Waals surface area (Å²) in [5.41, 5.74) is 3.57. The van der Waals surface area contributed by atoms with Crippen molar-refractivity contribution in [1.29, 1.82) is 0 Å². The molecule has 1 unspecified atom stereocenters. The Bertz CT molecular complexity index is 598. The third-order valence-electron chi connectivity index (χ3n) is 3.15. The van der Waals surface area contributed by atoms with Crippen molar-refractivity contribution in [2.24, 2.45) is 0 Å². The Morgan fingerprint density at radius 3 is 2.60 bits per heavy atom. The standard InChI is InChI=1S/C15H17Br2NOS/c1-4-18-15(10-6-14(17)20-8-10)11-7-12(16)9(2)5-13(11)19-3/h5-8,15,18H,4H2,1-3H3. The fourth-order valence-electron chi connectivity index (χ4n) is 2.16. The van der Waals surface area contributed by atoms with Gasteiger partial charge in [0.05, 0.1) is 16.9 Å². The van der Waals surface area contributed by atoms with Gasteiger partial charge in [0.15, 0.2) is 0 Å². The maximum atomic E-state index is 5.57. The monoisotopic (exact) mass is 417 g/mol. The predicted molar refractivity (Wildman–Crippen MR) is 93.0 cm³/mol. The molecule has 0 saturated carbocycles. The molecule has 0 radical (unpaired) electrons. The van der Waals surface area contributed by atoms with Crippen LogP contribution in [0.25, 0.3) is 0 Å². The Morgan fingerprint density at radius 2 is 2.05 bits per heavy atom. The number of rotatable bonds is 5. The van der Waals surface area contributed by atoms with Crippen molar-refractivity contribution >= 4 is 43.2 Å². The number of halogens is 2. The first kappa shape index (κ1) is 16.0. The normalized spacial score (nSPS) is 12.4. The van der Waals surface area contributed by atoms with Gasteiger partial charge in [0.25, 0.3) is 0 Å². The van der Waals surface area contributed by atoms with E-state index in [4.69, 9.17) is 4.74 Å². The van der Waals surface area contributed by atoms with E-state index in [1.807, 2.05) is 0 Å². The topological polar surface area (TPSA) is 21.3 Å². The molecule has 0 aliphatic carbocycles. The molecule has 0 saturated heterocycles. The van der Waals surface area contributed by atoms with Gasteiger partial charge in [-0.3, -0.25) is 0 Å². The minimum absolute atomic E-state index is 0.134. The SMILES string of the molecule is CCNC(c1csc(Br)c1)c1cc(Br)c(C)cc1OC. The van der Waals surface area contributed by atoms with Crippen LogP contribution in [0.2, 0.25) is 0 Å². The van der Waals surface area contributed by atoms with E-state index in [2.05, 4.69) is 74.6 Å². The average molecular weight is 419 g/mol. The smallest absolute Gasteiger partial charge is 0.124 e. The molecule has 1 aromatic heterocycles. The first-order chi connectivity index (χ1) is 9.56. The van der Waals surface area contributed by atoms with Crippen molar-refractivity contribution in [3.63, 3.8) is 0 Å². The average Bonchev–Trinajstić information content (AvgIpc) is 2.85. The Labute approximate surface area is 140 Å². The van der Waals surface area contributed by atoms with Crippen LogP contribution in [0.15, 0.2) is 31.8 Å². The van der Waals surface area contributed by atoms with Crippen LogP contribution in [0.5, 0.6) is 5.75 Å². The fraction of sp³-hybridized carbons (Fsp3) is 0.333. The first-order valence-electron chi connectivity index (χ1n) is 6.38. The van der Waals surface area contributed by atoms with E-state index in [-0.39, 0.29) is 6.04 Å². The molecular formula is C15H17Br2NOS. The lowest BCUT2D eigenvalue weighted by Gasteiger charge is -2.21. The molecule has 1 N–H and O–H groups in total. The van der Waals surface area contributed by atoms with E-state index in [1.165, 1.54) is 11.1 Å². The van der Waals surface area contributed by atoms with E-state index in [9.17, 15) is 0 Å². The molecule has 0 aliphatic rings. The van der Waals surface area contributed by atoms with Crippen LogP contribution in [0.4, 0.5) is 0 Å². The van der Waals surface area contributed by atoms with Crippen molar-refractivity contribution in [2.45, 2.75) is 19.9 Å². The van der Waals surface area contributed by atoms with Gasteiger partial charge in [-0.25, -0.2) is 0 Å². The van der Waals surface area contributed by atoms with E-state index >= 15 is 0 Å². The first-order valence-corrected chi connectivity index (χ1v) is 8.84. The van der Waals surface area contributed by atoms with Gasteiger partial charge in [0.1, 0.15) is 5.75 Å². The second-order valence-electron chi connectivity index (χ2n) is 4.52. The van der Waals surface area contributed by atoms with E-state index in [0.717, 1.165) is 26.1 Å². The van der Waals surface area contributed by atoms with Crippen LogP contribution in [0.1, 0.15) is 29.7 Å². The second-order valence-corrected chi connectivity index (χ2v) is 7.66.